The van der Waals surface area contributed by atoms with Crippen LogP contribution in [0, 0.1) is 5.92 Å². The predicted octanol–water partition coefficient (Wildman–Crippen LogP) is 3.00. The van der Waals surface area contributed by atoms with Crippen LogP contribution >= 0.6 is 0 Å². The van der Waals surface area contributed by atoms with Crippen LogP contribution < -0.4 is 5.73 Å². The van der Waals surface area contributed by atoms with Gasteiger partial charge in [-0.15, -0.1) is 0 Å². The number of amides is 1. The van der Waals surface area contributed by atoms with Crippen molar-refractivity contribution in [2.75, 3.05) is 0 Å². The third-order valence-corrected chi connectivity index (χ3v) is 2.33. The van der Waals surface area contributed by atoms with E-state index in [2.05, 4.69) is 0 Å². The second-order valence-corrected chi connectivity index (χ2v) is 4.33. The van der Waals surface area contributed by atoms with Crippen LogP contribution in [0.5, 0.6) is 0 Å². The lowest BCUT2D eigenvalue weighted by atomic mass is 9.95. The molecule has 2 nitrogen and oxygen atoms in total. The van der Waals surface area contributed by atoms with Gasteiger partial charge in [-0.1, -0.05) is 13.8 Å². The van der Waals surface area contributed by atoms with Crippen molar-refractivity contribution in [2.24, 2.45) is 11.7 Å². The average Bonchev–Trinajstić information content (AvgIpc) is 2.14. The molecule has 2 N–H and O–H groups in total. The Balaban J connectivity index is 3.24. The van der Waals surface area contributed by atoms with Gasteiger partial charge < -0.3 is 5.73 Å². The van der Waals surface area contributed by atoms with Crippen molar-refractivity contribution in [2.45, 2.75) is 26.4 Å². The lowest BCUT2D eigenvalue weighted by molar-refractivity contribution is -0.137. The summed E-state index contributed by atoms with van der Waals surface area (Å²) in [6, 6.07) is 3.02. The Kier molecular flexibility index (Phi) is 3.80. The summed E-state index contributed by atoms with van der Waals surface area (Å²) < 4.78 is 37.6. The monoisotopic (exact) mass is 245 g/mol. The van der Waals surface area contributed by atoms with Crippen molar-refractivity contribution in [1.82, 2.24) is 0 Å². The van der Waals surface area contributed by atoms with Gasteiger partial charge in [-0.05, 0) is 36.1 Å². The lowest BCUT2D eigenvalue weighted by Gasteiger charge is -2.13. The fourth-order valence-electron chi connectivity index (χ4n) is 1.62. The van der Waals surface area contributed by atoms with Crippen molar-refractivity contribution in [1.29, 1.82) is 0 Å². The van der Waals surface area contributed by atoms with E-state index in [4.69, 9.17) is 5.73 Å². The van der Waals surface area contributed by atoms with E-state index in [0.717, 1.165) is 18.2 Å². The van der Waals surface area contributed by atoms with Gasteiger partial charge in [0.05, 0.1) is 5.56 Å². The molecular formula is C12H14F3NO. The first-order valence-electron chi connectivity index (χ1n) is 5.21. The van der Waals surface area contributed by atoms with Gasteiger partial charge in [0.2, 0.25) is 5.91 Å². The number of nitrogens with two attached hydrogens (primary N) is 1. The third kappa shape index (κ3) is 3.47. The first-order chi connectivity index (χ1) is 7.71. The van der Waals surface area contributed by atoms with Gasteiger partial charge in [0.25, 0.3) is 0 Å². The zero-order valence-corrected chi connectivity index (χ0v) is 9.64. The minimum absolute atomic E-state index is 0.150. The van der Waals surface area contributed by atoms with Crippen molar-refractivity contribution >= 4 is 5.91 Å². The summed E-state index contributed by atoms with van der Waals surface area (Å²) in [5, 5.41) is 0. The van der Waals surface area contributed by atoms with Gasteiger partial charge in [-0.2, -0.15) is 13.2 Å². The van der Waals surface area contributed by atoms with E-state index in [-0.39, 0.29) is 11.5 Å². The molecule has 0 heterocycles. The largest absolute Gasteiger partial charge is 0.416 e. The number of rotatable bonds is 3. The molecule has 0 aliphatic carbocycles. The van der Waals surface area contributed by atoms with Crippen molar-refractivity contribution < 1.29 is 18.0 Å². The topological polar surface area (TPSA) is 43.1 Å². The van der Waals surface area contributed by atoms with Gasteiger partial charge in [-0.25, -0.2) is 0 Å². The standard InChI is InChI=1S/C12H14F3NO/c1-7(2)5-8-6-9(12(13,14)15)3-4-10(8)11(16)17/h3-4,6-7H,5H2,1-2H3,(H2,16,17). The van der Waals surface area contributed by atoms with Gasteiger partial charge in [0.15, 0.2) is 0 Å². The van der Waals surface area contributed by atoms with Crippen LogP contribution in [0.25, 0.3) is 0 Å². The summed E-state index contributed by atoms with van der Waals surface area (Å²) in [7, 11) is 0. The molecular weight excluding hydrogens is 231 g/mol. The predicted molar refractivity (Wildman–Crippen MR) is 58.5 cm³/mol. The fourth-order valence-corrected chi connectivity index (χ4v) is 1.62. The van der Waals surface area contributed by atoms with Gasteiger partial charge in [0.1, 0.15) is 0 Å². The Morgan fingerprint density at radius 1 is 1.35 bits per heavy atom. The molecule has 0 radical (unpaired) electrons. The summed E-state index contributed by atoms with van der Waals surface area (Å²) in [6.07, 6.45) is -4.01. The highest BCUT2D eigenvalue weighted by Gasteiger charge is 2.31. The number of halogens is 3. The number of carbonyl (C=O) groups excluding carboxylic acids is 1. The van der Waals surface area contributed by atoms with E-state index in [9.17, 15) is 18.0 Å². The van der Waals surface area contributed by atoms with Crippen LogP contribution in [-0.4, -0.2) is 5.91 Å². The quantitative estimate of drug-likeness (QED) is 0.874. The molecule has 0 aliphatic heterocycles. The smallest absolute Gasteiger partial charge is 0.366 e. The van der Waals surface area contributed by atoms with Crippen molar-refractivity contribution in [3.8, 4) is 0 Å². The van der Waals surface area contributed by atoms with Crippen LogP contribution in [0.3, 0.4) is 0 Å². The summed E-state index contributed by atoms with van der Waals surface area (Å²) >= 11 is 0. The second-order valence-electron chi connectivity index (χ2n) is 4.33. The van der Waals surface area contributed by atoms with Crippen molar-refractivity contribution in [3.05, 3.63) is 34.9 Å². The Hall–Kier alpha value is -1.52. The molecule has 17 heavy (non-hydrogen) atoms. The Morgan fingerprint density at radius 2 is 1.94 bits per heavy atom. The third-order valence-electron chi connectivity index (χ3n) is 2.33. The van der Waals surface area contributed by atoms with E-state index >= 15 is 0 Å². The molecule has 1 amide bonds. The maximum absolute atomic E-state index is 12.5. The van der Waals surface area contributed by atoms with Crippen LogP contribution in [0.4, 0.5) is 13.2 Å². The Bertz CT molecular complexity index is 424. The molecule has 0 aromatic heterocycles. The molecule has 0 bridgehead atoms. The molecule has 0 saturated carbocycles. The Labute approximate surface area is 97.6 Å². The number of hydrogen-bond donors (Lipinski definition) is 1. The van der Waals surface area contributed by atoms with E-state index in [1.165, 1.54) is 0 Å². The van der Waals surface area contributed by atoms with Crippen LogP contribution in [0.1, 0.15) is 35.3 Å². The molecule has 0 fully saturated rings. The minimum Gasteiger partial charge on any atom is -0.366 e. The maximum Gasteiger partial charge on any atom is 0.416 e. The molecule has 5 heteroatoms. The van der Waals surface area contributed by atoms with Crippen LogP contribution in [-0.2, 0) is 12.6 Å². The van der Waals surface area contributed by atoms with Gasteiger partial charge in [0, 0.05) is 5.56 Å². The Morgan fingerprint density at radius 3 is 2.35 bits per heavy atom. The first kappa shape index (κ1) is 13.5. The zero-order chi connectivity index (χ0) is 13.2. The lowest BCUT2D eigenvalue weighted by Crippen LogP contribution is -2.16. The number of benzene rings is 1. The average molecular weight is 245 g/mol. The maximum atomic E-state index is 12.5. The number of carbonyl (C=O) groups is 1. The van der Waals surface area contributed by atoms with E-state index in [0.29, 0.717) is 12.0 Å². The molecule has 0 spiro atoms. The molecule has 1 aromatic carbocycles. The summed E-state index contributed by atoms with van der Waals surface area (Å²) in [6.45, 7) is 3.73. The molecule has 0 unspecified atom stereocenters. The van der Waals surface area contributed by atoms with E-state index in [1.54, 1.807) is 0 Å². The summed E-state index contributed by atoms with van der Waals surface area (Å²) in [5.41, 5.74) is 4.89. The molecule has 1 aromatic rings. The molecule has 0 aliphatic rings. The number of primary amides is 1. The fraction of sp³-hybridized carbons (Fsp3) is 0.417. The highest BCUT2D eigenvalue weighted by Crippen LogP contribution is 2.31. The number of hydrogen-bond acceptors (Lipinski definition) is 1. The van der Waals surface area contributed by atoms with E-state index < -0.39 is 17.6 Å². The molecule has 1 rings (SSSR count). The van der Waals surface area contributed by atoms with Crippen LogP contribution in [0.2, 0.25) is 0 Å². The highest BCUT2D eigenvalue weighted by molar-refractivity contribution is 5.94. The summed E-state index contributed by atoms with van der Waals surface area (Å²) in [4.78, 5) is 11.1. The second kappa shape index (κ2) is 4.77. The SMILES string of the molecule is CC(C)Cc1cc(C(F)(F)F)ccc1C(N)=O. The minimum atomic E-state index is -4.40. The van der Waals surface area contributed by atoms with Crippen LogP contribution in [0.15, 0.2) is 18.2 Å². The molecule has 94 valence electrons. The first-order valence-corrected chi connectivity index (χ1v) is 5.21. The number of alkyl halides is 3. The highest BCUT2D eigenvalue weighted by atomic mass is 19.4. The van der Waals surface area contributed by atoms with Gasteiger partial charge >= 0.3 is 6.18 Å². The van der Waals surface area contributed by atoms with Crippen molar-refractivity contribution in [3.63, 3.8) is 0 Å². The molecule has 0 saturated heterocycles. The normalized spacial score (nSPS) is 11.9. The van der Waals surface area contributed by atoms with E-state index in [1.807, 2.05) is 13.8 Å². The zero-order valence-electron chi connectivity index (χ0n) is 9.64. The van der Waals surface area contributed by atoms with Gasteiger partial charge in [-0.3, -0.25) is 4.79 Å². The summed E-state index contributed by atoms with van der Waals surface area (Å²) in [5.74, 6) is -0.550. The molecule has 0 atom stereocenters.